The summed E-state index contributed by atoms with van der Waals surface area (Å²) in [5.41, 5.74) is -1.64. The van der Waals surface area contributed by atoms with E-state index in [4.69, 9.17) is 133 Å². The topological polar surface area (TPSA) is 305 Å². The van der Waals surface area contributed by atoms with Crippen LogP contribution in [-0.4, -0.2) is 248 Å². The molecule has 110 heavy (non-hydrogen) atoms. The monoisotopic (exact) mass is 1860 g/mol. The molecule has 5 aromatic rings. The van der Waals surface area contributed by atoms with Gasteiger partial charge in [0.1, 0.15) is 54.5 Å². The Balaban J connectivity index is 0. The fourth-order valence-electron chi connectivity index (χ4n) is 7.53. The summed E-state index contributed by atoms with van der Waals surface area (Å²) in [6.07, 6.45) is -4.08. The van der Waals surface area contributed by atoms with E-state index in [1.165, 1.54) is 42.5 Å². The van der Waals surface area contributed by atoms with Crippen molar-refractivity contribution < 1.29 is 117 Å². The maximum absolute atomic E-state index is 14.6. The first-order valence-electron chi connectivity index (χ1n) is 33.4. The van der Waals surface area contributed by atoms with E-state index in [0.717, 1.165) is 69.9 Å². The number of carbonyl (C=O) groups is 5. The van der Waals surface area contributed by atoms with Crippen molar-refractivity contribution in [2.24, 2.45) is 40.4 Å². The van der Waals surface area contributed by atoms with Crippen LogP contribution in [-0.2, 0) is 29.3 Å². The Labute approximate surface area is 697 Å². The molecule has 16 radical (unpaired) electrons. The third-order valence-corrected chi connectivity index (χ3v) is 19.6. The number of alkyl halides is 5. The van der Waals surface area contributed by atoms with Gasteiger partial charge in [0.25, 0.3) is 0 Å². The van der Waals surface area contributed by atoms with E-state index in [2.05, 4.69) is 79.6 Å². The predicted octanol–water partition coefficient (Wildman–Crippen LogP) is 10.2. The molecule has 5 aromatic carbocycles. The largest absolute Gasteiger partial charge is 0.505 e. The number of carboxylic acids is 1. The molecule has 0 bridgehead atoms. The number of carboxylic acid groups (broad SMARTS) is 1. The average Bonchev–Trinajstić information content (AvgIpc) is 0.838. The van der Waals surface area contributed by atoms with E-state index in [0.29, 0.717) is 24.5 Å². The minimum atomic E-state index is -4.67. The van der Waals surface area contributed by atoms with Crippen LogP contribution in [0, 0.1) is 69.5 Å². The highest BCUT2D eigenvalue weighted by Gasteiger charge is 2.37. The molecule has 0 saturated carbocycles. The van der Waals surface area contributed by atoms with Crippen molar-refractivity contribution in [3.05, 3.63) is 148 Å². The molecule has 0 amide bonds. The molecule has 45 heteroatoms. The number of rotatable bonds is 33. The van der Waals surface area contributed by atoms with E-state index in [1.54, 1.807) is 0 Å². The van der Waals surface area contributed by atoms with Gasteiger partial charge in [-0.05, 0) is 121 Å². The first-order chi connectivity index (χ1) is 51.0. The van der Waals surface area contributed by atoms with Gasteiger partial charge in [-0.2, -0.15) is 8.42 Å². The minimum absolute atomic E-state index is 0.0433. The van der Waals surface area contributed by atoms with Crippen LogP contribution in [0.4, 0.5) is 22.0 Å². The molecule has 0 atom stereocenters. The number of benzene rings is 5. The van der Waals surface area contributed by atoms with E-state index >= 15 is 0 Å². The van der Waals surface area contributed by atoms with E-state index in [-0.39, 0.29) is 114 Å². The zero-order valence-corrected chi connectivity index (χ0v) is 71.2. The van der Waals surface area contributed by atoms with Crippen LogP contribution in [0.3, 0.4) is 0 Å². The molecule has 0 aliphatic carbocycles. The van der Waals surface area contributed by atoms with Crippen molar-refractivity contribution in [3.63, 3.8) is 0 Å². The number of hydrogen-bond acceptors (Lipinski definition) is 17. The van der Waals surface area contributed by atoms with Crippen molar-refractivity contribution >= 4 is 220 Å². The fraction of sp³-hybridized carbons (Fsp3) is 0.462. The summed E-state index contributed by atoms with van der Waals surface area (Å²) < 4.78 is 139. The lowest BCUT2D eigenvalue weighted by Crippen LogP contribution is -2.72. The Hall–Kier alpha value is -4.76. The highest BCUT2D eigenvalue weighted by atomic mass is 79.9. The predicted molar refractivity (Wildman–Crippen MR) is 450 cm³/mol. The molecule has 5 rings (SSSR count). The molecule has 6 N–H and O–H groups in total. The number of ether oxygens (including phenoxy) is 7. The van der Waals surface area contributed by atoms with Gasteiger partial charge in [0.2, 0.25) is 0 Å². The fourth-order valence-corrected chi connectivity index (χ4v) is 13.6. The molecule has 0 aliphatic rings. The molecule has 0 saturated heterocycles. The Morgan fingerprint density at radius 1 is 0.409 bits per heavy atom. The Kier molecular flexibility index (Phi) is 54.3. The summed E-state index contributed by atoms with van der Waals surface area (Å²) in [6, 6.07) is 17.2. The number of aliphatic hydroxyl groups is 1. The number of phenols is 2. The van der Waals surface area contributed by atoms with Gasteiger partial charge in [-0.25, -0.2) is 45.9 Å². The Morgan fingerprint density at radius 3 is 0.855 bits per heavy atom. The SMILES string of the molecule is BrCC(CBr)(CBr)CBr.CC(C)CO.CC(C)COC(=O)c1cc(OCC(CBr)(COc2ccc(F)c(C(=O)OCC(C)C)c2)COc2ccc(F)c(C(=O)OCC(C)C)c2)ccc1F.CC(C)COC(=O)c1ccc(F)c(O)c1.O=C(O)c1ccc(F)c(O)c1.O=S(=O)(O)O.[B]B([B])B(B([B])[B])B(B([B])[B])B([B])[B]. The van der Waals surface area contributed by atoms with Gasteiger partial charge in [-0.1, -0.05) is 149 Å². The molecule has 0 unspecified atom stereocenters. The standard InChI is InChI=1S/C38H44BrF3O9.C11H13FO3.C7H5FO3.C5H8Br4.C4H10O.B14.H2O4S/c1-23(2)16-46-35(43)29-13-26(7-10-32(29)40)49-20-38(19-39,21-50-27-8-11-33(41)30(14-27)36(44)47-17-24(3)4)22-51-28-9-12-34(42)31(15-28)37(45)48-18-25(5)6;1-7(2)6-15-11(14)8-3-4-9(12)10(13)5-8;8-5-2-1-4(7(10)11)3-6(5)9;6-1-5(2-7,3-8)4-9;1-4(2)3-5;1-9(2)13(10(3)4)14(11(5)6)12(7)8;1-5(2,3)4/h7-15,23-25H,16-22H2,1-6H3;3-5,7,13H,6H2,1-2H3;1-3,9H,(H,10,11);1-4H2;4-5H,3H2,1-2H3;;(H2,1,2,3,4). The van der Waals surface area contributed by atoms with Crippen molar-refractivity contribution in [2.75, 3.05) is 79.5 Å². The number of esters is 4. The number of halogens is 10. The summed E-state index contributed by atoms with van der Waals surface area (Å²) >= 11 is 17.4. The summed E-state index contributed by atoms with van der Waals surface area (Å²) in [4.78, 5) is 59.3. The van der Waals surface area contributed by atoms with Crippen LogP contribution >= 0.6 is 79.6 Å². The van der Waals surface area contributed by atoms with Crippen molar-refractivity contribution in [1.82, 2.24) is 0 Å². The lowest BCUT2D eigenvalue weighted by atomic mass is 8.47. The van der Waals surface area contributed by atoms with Crippen molar-refractivity contribution in [3.8, 4) is 28.7 Å². The third-order valence-electron chi connectivity index (χ3n) is 13.7. The van der Waals surface area contributed by atoms with Gasteiger partial charge in [0.15, 0.2) is 23.1 Å². The first-order valence-corrected chi connectivity index (χ1v) is 40.4. The Bertz CT molecular complexity index is 3460. The Morgan fingerprint density at radius 2 is 0.645 bits per heavy atom. The second-order valence-electron chi connectivity index (χ2n) is 26.6. The van der Waals surface area contributed by atoms with Gasteiger partial charge in [0.05, 0.1) is 59.7 Å². The van der Waals surface area contributed by atoms with Crippen LogP contribution in [0.5, 0.6) is 28.7 Å². The molecular weight excluding hydrogens is 1780 g/mol. The van der Waals surface area contributed by atoms with E-state index in [9.17, 15) is 45.9 Å². The number of carbonyl (C=O) groups excluding carboxylic acids is 4. The molecule has 0 aromatic heterocycles. The molecule has 0 aliphatic heterocycles. The second kappa shape index (κ2) is 55.7. The van der Waals surface area contributed by atoms with Crippen LogP contribution in [0.1, 0.15) is 121 Å². The number of aliphatic hydroxyl groups excluding tert-OH is 1. The summed E-state index contributed by atoms with van der Waals surface area (Å²) in [7, 11) is 39.4. The zero-order valence-electron chi connectivity index (χ0n) is 62.4. The van der Waals surface area contributed by atoms with Crippen LogP contribution in [0.25, 0.3) is 0 Å². The van der Waals surface area contributed by atoms with Gasteiger partial charge >= 0.3 is 40.2 Å². The van der Waals surface area contributed by atoms with Gasteiger partial charge < -0.3 is 53.6 Å². The maximum atomic E-state index is 14.6. The van der Waals surface area contributed by atoms with Crippen molar-refractivity contribution in [1.29, 1.82) is 0 Å². The quantitative estimate of drug-likeness (QED) is 0.00568. The summed E-state index contributed by atoms with van der Waals surface area (Å²) in [5, 5.41) is 38.5. The lowest BCUT2D eigenvalue weighted by Gasteiger charge is -2.34. The third kappa shape index (κ3) is 44.8. The molecule has 0 fully saturated rings. The van der Waals surface area contributed by atoms with Crippen molar-refractivity contribution in [2.45, 2.75) is 69.2 Å². The second-order valence-corrected chi connectivity index (χ2v) is 30.3. The summed E-state index contributed by atoms with van der Waals surface area (Å²) in [6.45, 7) is 19.4. The molecular formula is C65H82B14Br5F5O20S. The normalized spacial score (nSPS) is 10.8. The first kappa shape index (κ1) is 107. The van der Waals surface area contributed by atoms with E-state index in [1.807, 2.05) is 69.2 Å². The van der Waals surface area contributed by atoms with Crippen LogP contribution < -0.4 is 14.2 Å². The van der Waals surface area contributed by atoms with Gasteiger partial charge in [-0.3, -0.25) is 9.11 Å². The number of phenolic OH excluding ortho intramolecular Hbond substituents is 2. The van der Waals surface area contributed by atoms with Crippen LogP contribution in [0.2, 0.25) is 0 Å². The van der Waals surface area contributed by atoms with Gasteiger partial charge in [0, 0.05) is 139 Å². The maximum Gasteiger partial charge on any atom is 0.394 e. The minimum Gasteiger partial charge on any atom is -0.505 e. The van der Waals surface area contributed by atoms with E-state index < -0.39 is 125 Å². The van der Waals surface area contributed by atoms with Crippen LogP contribution in [0.15, 0.2) is 91.0 Å². The number of hydrogen-bond donors (Lipinski definition) is 6. The lowest BCUT2D eigenvalue weighted by molar-refractivity contribution is 0.0442. The highest BCUT2D eigenvalue weighted by Crippen LogP contribution is 2.31. The average molecular weight is 1860 g/mol. The molecule has 20 nitrogen and oxygen atoms in total. The summed E-state index contributed by atoms with van der Waals surface area (Å²) in [5.74, 6) is -8.17. The number of aromatic carboxylic acids is 1. The highest BCUT2D eigenvalue weighted by molar-refractivity contribution is 9.11. The molecule has 0 heterocycles. The molecule has 0 spiro atoms. The number of aromatic hydroxyl groups is 2. The zero-order chi connectivity index (χ0) is 85.1. The smallest absolute Gasteiger partial charge is 0.394 e. The molecule has 580 valence electrons. The van der Waals surface area contributed by atoms with Gasteiger partial charge in [-0.15, -0.1) is 0 Å².